The Morgan fingerprint density at radius 3 is 2.86 bits per heavy atom. The monoisotopic (exact) mass is 299 g/mol. The van der Waals surface area contributed by atoms with Crippen LogP contribution in [0, 0.1) is 12.8 Å². The van der Waals surface area contributed by atoms with Gasteiger partial charge in [-0.05, 0) is 25.1 Å². The SMILES string of the molecule is Cc1ccc(N2CC(CNC(=O)c3cc[nH]c(=O)c3)C2)nn1. The molecule has 1 fully saturated rings. The van der Waals surface area contributed by atoms with Crippen LogP contribution >= 0.6 is 0 Å². The van der Waals surface area contributed by atoms with Gasteiger partial charge in [-0.2, -0.15) is 5.10 Å². The number of hydrogen-bond acceptors (Lipinski definition) is 5. The summed E-state index contributed by atoms with van der Waals surface area (Å²) in [6, 6.07) is 6.77. The maximum atomic E-state index is 11.9. The average Bonchev–Trinajstić information content (AvgIpc) is 2.47. The summed E-state index contributed by atoms with van der Waals surface area (Å²) in [6.45, 7) is 4.17. The molecule has 22 heavy (non-hydrogen) atoms. The first-order valence-corrected chi connectivity index (χ1v) is 7.14. The molecule has 2 N–H and O–H groups in total. The number of aromatic nitrogens is 3. The van der Waals surface area contributed by atoms with E-state index in [0.29, 0.717) is 18.0 Å². The minimum atomic E-state index is -0.277. The number of nitrogens with one attached hydrogen (secondary N) is 2. The number of hydrogen-bond donors (Lipinski definition) is 2. The number of rotatable bonds is 4. The molecule has 0 bridgehead atoms. The van der Waals surface area contributed by atoms with Crippen LogP contribution in [0.3, 0.4) is 0 Å². The van der Waals surface area contributed by atoms with E-state index in [2.05, 4.69) is 25.4 Å². The Kier molecular flexibility index (Phi) is 3.86. The average molecular weight is 299 g/mol. The lowest BCUT2D eigenvalue weighted by atomic mass is 10.00. The number of pyridine rings is 1. The van der Waals surface area contributed by atoms with Gasteiger partial charge in [0.2, 0.25) is 5.56 Å². The zero-order valence-corrected chi connectivity index (χ0v) is 12.2. The largest absolute Gasteiger partial charge is 0.354 e. The predicted molar refractivity (Wildman–Crippen MR) is 81.9 cm³/mol. The molecule has 3 heterocycles. The van der Waals surface area contributed by atoms with Gasteiger partial charge in [-0.1, -0.05) is 0 Å². The first-order chi connectivity index (χ1) is 10.6. The molecule has 1 amide bonds. The number of carbonyl (C=O) groups excluding carboxylic acids is 1. The number of nitrogens with zero attached hydrogens (tertiary/aromatic N) is 3. The fourth-order valence-electron chi connectivity index (χ4n) is 2.37. The number of H-pyrrole nitrogens is 1. The van der Waals surface area contributed by atoms with Crippen LogP contribution in [0.1, 0.15) is 16.1 Å². The van der Waals surface area contributed by atoms with E-state index in [0.717, 1.165) is 24.6 Å². The van der Waals surface area contributed by atoms with Gasteiger partial charge in [-0.25, -0.2) is 0 Å². The summed E-state index contributed by atoms with van der Waals surface area (Å²) in [5.74, 6) is 1.02. The normalized spacial score (nSPS) is 14.5. The third-order valence-corrected chi connectivity index (χ3v) is 3.65. The molecule has 0 saturated carbocycles. The fourth-order valence-corrected chi connectivity index (χ4v) is 2.37. The van der Waals surface area contributed by atoms with Crippen molar-refractivity contribution in [2.75, 3.05) is 24.5 Å². The summed E-state index contributed by atoms with van der Waals surface area (Å²) in [5.41, 5.74) is 0.996. The fraction of sp³-hybridized carbons (Fsp3) is 0.333. The lowest BCUT2D eigenvalue weighted by Gasteiger charge is -2.39. The Hall–Kier alpha value is -2.70. The van der Waals surface area contributed by atoms with Gasteiger partial charge in [0, 0.05) is 43.4 Å². The second kappa shape index (κ2) is 5.97. The van der Waals surface area contributed by atoms with Crippen molar-refractivity contribution >= 4 is 11.7 Å². The molecule has 1 aliphatic rings. The van der Waals surface area contributed by atoms with Gasteiger partial charge in [-0.3, -0.25) is 9.59 Å². The number of aromatic amines is 1. The van der Waals surface area contributed by atoms with E-state index in [1.165, 1.54) is 12.3 Å². The second-order valence-electron chi connectivity index (χ2n) is 5.46. The van der Waals surface area contributed by atoms with E-state index in [9.17, 15) is 9.59 Å². The van der Waals surface area contributed by atoms with Crippen LogP contribution in [0.2, 0.25) is 0 Å². The molecule has 1 saturated heterocycles. The van der Waals surface area contributed by atoms with Crippen molar-refractivity contribution in [1.29, 1.82) is 0 Å². The smallest absolute Gasteiger partial charge is 0.251 e. The van der Waals surface area contributed by atoms with Crippen molar-refractivity contribution in [3.8, 4) is 0 Å². The molecule has 0 spiro atoms. The van der Waals surface area contributed by atoms with Crippen molar-refractivity contribution in [1.82, 2.24) is 20.5 Å². The van der Waals surface area contributed by atoms with Crippen LogP contribution < -0.4 is 15.8 Å². The zero-order valence-electron chi connectivity index (χ0n) is 12.2. The van der Waals surface area contributed by atoms with E-state index in [1.807, 2.05) is 19.1 Å². The third-order valence-electron chi connectivity index (χ3n) is 3.65. The highest BCUT2D eigenvalue weighted by molar-refractivity contribution is 5.93. The quantitative estimate of drug-likeness (QED) is 0.849. The maximum absolute atomic E-state index is 11.9. The van der Waals surface area contributed by atoms with Gasteiger partial charge in [0.1, 0.15) is 0 Å². The Morgan fingerprint density at radius 2 is 2.18 bits per heavy atom. The Bertz CT molecular complexity index is 719. The van der Waals surface area contributed by atoms with E-state index in [1.54, 1.807) is 6.07 Å². The number of amides is 1. The molecule has 3 rings (SSSR count). The van der Waals surface area contributed by atoms with Gasteiger partial charge in [0.05, 0.1) is 5.69 Å². The van der Waals surface area contributed by atoms with Crippen molar-refractivity contribution in [2.24, 2.45) is 5.92 Å². The van der Waals surface area contributed by atoms with Crippen LogP contribution in [0.25, 0.3) is 0 Å². The molecule has 2 aromatic rings. The highest BCUT2D eigenvalue weighted by Gasteiger charge is 2.28. The van der Waals surface area contributed by atoms with E-state index in [4.69, 9.17) is 0 Å². The third kappa shape index (κ3) is 3.13. The maximum Gasteiger partial charge on any atom is 0.251 e. The summed E-state index contributed by atoms with van der Waals surface area (Å²) in [6.07, 6.45) is 1.47. The summed E-state index contributed by atoms with van der Waals surface area (Å²) in [4.78, 5) is 27.7. The van der Waals surface area contributed by atoms with Crippen LogP contribution in [-0.4, -0.2) is 40.7 Å². The predicted octanol–water partition coefficient (Wildman–Crippen LogP) is 0.340. The molecular formula is C15H17N5O2. The molecule has 114 valence electrons. The van der Waals surface area contributed by atoms with Crippen LogP contribution in [0.5, 0.6) is 0 Å². The summed E-state index contributed by atoms with van der Waals surface area (Å²) in [5, 5.41) is 11.0. The molecule has 7 heteroatoms. The van der Waals surface area contributed by atoms with Gasteiger partial charge >= 0.3 is 0 Å². The van der Waals surface area contributed by atoms with Crippen molar-refractivity contribution in [3.05, 3.63) is 52.1 Å². The van der Waals surface area contributed by atoms with Crippen LogP contribution in [0.15, 0.2) is 35.3 Å². The van der Waals surface area contributed by atoms with Crippen molar-refractivity contribution in [3.63, 3.8) is 0 Å². The molecule has 2 aromatic heterocycles. The molecule has 0 aliphatic carbocycles. The molecule has 0 radical (unpaired) electrons. The van der Waals surface area contributed by atoms with Crippen molar-refractivity contribution in [2.45, 2.75) is 6.92 Å². The summed E-state index contributed by atoms with van der Waals surface area (Å²) < 4.78 is 0. The summed E-state index contributed by atoms with van der Waals surface area (Å²) >= 11 is 0. The van der Waals surface area contributed by atoms with Crippen molar-refractivity contribution < 1.29 is 4.79 Å². The number of aryl methyl sites for hydroxylation is 1. The molecule has 0 unspecified atom stereocenters. The second-order valence-corrected chi connectivity index (χ2v) is 5.46. The topological polar surface area (TPSA) is 91.0 Å². The summed E-state index contributed by atoms with van der Waals surface area (Å²) in [7, 11) is 0. The molecule has 1 aliphatic heterocycles. The van der Waals surface area contributed by atoms with E-state index < -0.39 is 0 Å². The van der Waals surface area contributed by atoms with E-state index >= 15 is 0 Å². The molecule has 0 aromatic carbocycles. The lowest BCUT2D eigenvalue weighted by molar-refractivity contribution is 0.0944. The molecule has 0 atom stereocenters. The Labute approximate surface area is 127 Å². The molecular weight excluding hydrogens is 282 g/mol. The standard InChI is InChI=1S/C15H17N5O2/c1-10-2-3-13(19-18-10)20-8-11(9-20)7-17-15(22)12-4-5-16-14(21)6-12/h2-6,11H,7-9H2,1H3,(H,16,21)(H,17,22). The first-order valence-electron chi connectivity index (χ1n) is 7.14. The minimum Gasteiger partial charge on any atom is -0.354 e. The lowest BCUT2D eigenvalue weighted by Crippen LogP contribution is -2.52. The van der Waals surface area contributed by atoms with E-state index in [-0.39, 0.29) is 11.5 Å². The zero-order chi connectivity index (χ0) is 15.5. The highest BCUT2D eigenvalue weighted by Crippen LogP contribution is 2.21. The Balaban J connectivity index is 1.47. The van der Waals surface area contributed by atoms with Crippen LogP contribution in [0.4, 0.5) is 5.82 Å². The van der Waals surface area contributed by atoms with Gasteiger partial charge in [0.25, 0.3) is 5.91 Å². The molecule has 7 nitrogen and oxygen atoms in total. The van der Waals surface area contributed by atoms with Gasteiger partial charge < -0.3 is 15.2 Å². The van der Waals surface area contributed by atoms with Crippen LogP contribution in [-0.2, 0) is 0 Å². The minimum absolute atomic E-state index is 0.223. The number of anilines is 1. The number of carbonyl (C=O) groups is 1. The Morgan fingerprint density at radius 1 is 1.36 bits per heavy atom. The highest BCUT2D eigenvalue weighted by atomic mass is 16.2. The van der Waals surface area contributed by atoms with Gasteiger partial charge in [-0.15, -0.1) is 5.10 Å². The first kappa shape index (κ1) is 14.2. The van der Waals surface area contributed by atoms with Gasteiger partial charge in [0.15, 0.2) is 5.82 Å².